The Morgan fingerprint density at radius 1 is 1.00 bits per heavy atom. The molecule has 86 valence electrons. The van der Waals surface area contributed by atoms with E-state index in [1.807, 2.05) is 0 Å². The number of fused-ring (bicyclic) bond motifs is 1. The molecule has 0 spiro atoms. The zero-order valence-electron chi connectivity index (χ0n) is 10.4. The van der Waals surface area contributed by atoms with E-state index in [0.29, 0.717) is 0 Å². The molecular weight excluding hydrogens is 206 g/mol. The predicted molar refractivity (Wildman–Crippen MR) is 73.5 cm³/mol. The fourth-order valence-corrected chi connectivity index (χ4v) is 2.68. The summed E-state index contributed by atoms with van der Waals surface area (Å²) in [6.07, 6.45) is 1.15. The molecule has 0 amide bonds. The fourth-order valence-electron chi connectivity index (χ4n) is 2.68. The van der Waals surface area contributed by atoms with Gasteiger partial charge in [-0.25, -0.2) is 0 Å². The zero-order chi connectivity index (χ0) is 11.8. The molecule has 0 atom stereocenters. The topological polar surface area (TPSA) is 12.0 Å². The first-order chi connectivity index (χ1) is 8.25. The molecule has 0 aliphatic carbocycles. The lowest BCUT2D eigenvalue weighted by atomic mass is 9.96. The van der Waals surface area contributed by atoms with Gasteiger partial charge >= 0.3 is 0 Å². The van der Waals surface area contributed by atoms with Crippen LogP contribution in [0.15, 0.2) is 36.4 Å². The Labute approximate surface area is 102 Å². The van der Waals surface area contributed by atoms with Crippen molar-refractivity contribution >= 4 is 5.69 Å². The number of anilines is 1. The molecular formula is C16H17N. The zero-order valence-corrected chi connectivity index (χ0v) is 10.4. The number of aryl methyl sites for hydroxylation is 2. The first-order valence-corrected chi connectivity index (χ1v) is 6.19. The smallest absolute Gasteiger partial charge is 0.0453 e. The summed E-state index contributed by atoms with van der Waals surface area (Å²) >= 11 is 0. The molecule has 2 aromatic carbocycles. The van der Waals surface area contributed by atoms with E-state index in [4.69, 9.17) is 0 Å². The van der Waals surface area contributed by atoms with Gasteiger partial charge in [-0.3, -0.25) is 0 Å². The highest BCUT2D eigenvalue weighted by Gasteiger charge is 2.15. The van der Waals surface area contributed by atoms with Crippen LogP contribution in [0, 0.1) is 13.8 Å². The van der Waals surface area contributed by atoms with Crippen molar-refractivity contribution in [2.45, 2.75) is 20.3 Å². The minimum Gasteiger partial charge on any atom is -0.384 e. The van der Waals surface area contributed by atoms with Gasteiger partial charge in [0.15, 0.2) is 0 Å². The summed E-state index contributed by atoms with van der Waals surface area (Å²) in [6, 6.07) is 13.3. The van der Waals surface area contributed by atoms with Gasteiger partial charge in [-0.1, -0.05) is 42.0 Å². The van der Waals surface area contributed by atoms with Crippen molar-refractivity contribution in [2.75, 3.05) is 11.9 Å². The van der Waals surface area contributed by atoms with Crippen molar-refractivity contribution in [3.05, 3.63) is 53.1 Å². The molecule has 0 saturated carbocycles. The van der Waals surface area contributed by atoms with Crippen LogP contribution in [0.3, 0.4) is 0 Å². The van der Waals surface area contributed by atoms with Crippen LogP contribution in [0.25, 0.3) is 11.1 Å². The average Bonchev–Trinajstić information content (AvgIpc) is 2.77. The first kappa shape index (κ1) is 10.4. The Morgan fingerprint density at radius 3 is 2.71 bits per heavy atom. The van der Waals surface area contributed by atoms with Gasteiger partial charge in [0.25, 0.3) is 0 Å². The van der Waals surface area contributed by atoms with Crippen molar-refractivity contribution in [1.29, 1.82) is 0 Å². The van der Waals surface area contributed by atoms with E-state index in [1.54, 1.807) is 0 Å². The van der Waals surface area contributed by atoms with Gasteiger partial charge in [0, 0.05) is 17.8 Å². The molecule has 1 aliphatic rings. The maximum atomic E-state index is 3.51. The van der Waals surface area contributed by atoms with E-state index in [2.05, 4.69) is 55.6 Å². The third-order valence-electron chi connectivity index (χ3n) is 3.52. The monoisotopic (exact) mass is 223 g/mol. The Bertz CT molecular complexity index is 570. The van der Waals surface area contributed by atoms with E-state index in [0.717, 1.165) is 13.0 Å². The lowest BCUT2D eigenvalue weighted by Gasteiger charge is -2.12. The summed E-state index contributed by atoms with van der Waals surface area (Å²) in [4.78, 5) is 0. The summed E-state index contributed by atoms with van der Waals surface area (Å²) in [5, 5.41) is 3.51. The molecule has 0 fully saturated rings. The van der Waals surface area contributed by atoms with Crippen molar-refractivity contribution in [3.8, 4) is 11.1 Å². The molecule has 0 saturated heterocycles. The van der Waals surface area contributed by atoms with E-state index >= 15 is 0 Å². The molecule has 0 unspecified atom stereocenters. The molecule has 0 aromatic heterocycles. The maximum absolute atomic E-state index is 3.51. The van der Waals surface area contributed by atoms with E-state index in [9.17, 15) is 0 Å². The number of benzene rings is 2. The first-order valence-electron chi connectivity index (χ1n) is 6.19. The SMILES string of the molecule is Cc1ccc(-c2cccc3c2NCC3)c(C)c1. The molecule has 1 nitrogen and oxygen atoms in total. The molecule has 1 aliphatic heterocycles. The third-order valence-corrected chi connectivity index (χ3v) is 3.52. The Hall–Kier alpha value is -1.76. The van der Waals surface area contributed by atoms with Crippen molar-refractivity contribution in [1.82, 2.24) is 0 Å². The second-order valence-corrected chi connectivity index (χ2v) is 4.83. The number of rotatable bonds is 1. The summed E-state index contributed by atoms with van der Waals surface area (Å²) < 4.78 is 0. The number of hydrogen-bond acceptors (Lipinski definition) is 1. The quantitative estimate of drug-likeness (QED) is 0.772. The molecule has 17 heavy (non-hydrogen) atoms. The van der Waals surface area contributed by atoms with Crippen LogP contribution in [0.2, 0.25) is 0 Å². The summed E-state index contributed by atoms with van der Waals surface area (Å²) in [5.74, 6) is 0. The summed E-state index contributed by atoms with van der Waals surface area (Å²) in [6.45, 7) is 5.40. The fraction of sp³-hybridized carbons (Fsp3) is 0.250. The van der Waals surface area contributed by atoms with Crippen LogP contribution in [-0.2, 0) is 6.42 Å². The largest absolute Gasteiger partial charge is 0.384 e. The van der Waals surface area contributed by atoms with Crippen LogP contribution in [0.1, 0.15) is 16.7 Å². The van der Waals surface area contributed by atoms with Gasteiger partial charge < -0.3 is 5.32 Å². The van der Waals surface area contributed by atoms with Gasteiger partial charge in [0.2, 0.25) is 0 Å². The van der Waals surface area contributed by atoms with Crippen LogP contribution in [0.4, 0.5) is 5.69 Å². The van der Waals surface area contributed by atoms with Gasteiger partial charge in [0.1, 0.15) is 0 Å². The number of para-hydroxylation sites is 1. The molecule has 1 heterocycles. The minimum atomic E-state index is 1.07. The lowest BCUT2D eigenvalue weighted by molar-refractivity contribution is 1.11. The normalized spacial score (nSPS) is 13.3. The lowest BCUT2D eigenvalue weighted by Crippen LogP contribution is -1.94. The van der Waals surface area contributed by atoms with Crippen LogP contribution < -0.4 is 5.32 Å². The van der Waals surface area contributed by atoms with Gasteiger partial charge in [-0.05, 0) is 37.0 Å². The standard InChI is InChI=1S/C16H17N/c1-11-6-7-14(12(2)10-11)15-5-3-4-13-8-9-17-16(13)15/h3-7,10,17H,8-9H2,1-2H3. The van der Waals surface area contributed by atoms with Crippen molar-refractivity contribution in [2.24, 2.45) is 0 Å². The highest BCUT2D eigenvalue weighted by molar-refractivity contribution is 5.83. The Kier molecular flexibility index (Phi) is 2.40. The Morgan fingerprint density at radius 2 is 1.88 bits per heavy atom. The third kappa shape index (κ3) is 1.72. The minimum absolute atomic E-state index is 1.07. The Balaban J connectivity index is 2.19. The molecule has 1 N–H and O–H groups in total. The van der Waals surface area contributed by atoms with Gasteiger partial charge in [0.05, 0.1) is 0 Å². The molecule has 2 aromatic rings. The molecule has 0 radical (unpaired) electrons. The van der Waals surface area contributed by atoms with Crippen molar-refractivity contribution < 1.29 is 0 Å². The van der Waals surface area contributed by atoms with Gasteiger partial charge in [-0.2, -0.15) is 0 Å². The van der Waals surface area contributed by atoms with Gasteiger partial charge in [-0.15, -0.1) is 0 Å². The maximum Gasteiger partial charge on any atom is 0.0453 e. The molecule has 3 rings (SSSR count). The van der Waals surface area contributed by atoms with E-state index in [-0.39, 0.29) is 0 Å². The summed E-state index contributed by atoms with van der Waals surface area (Å²) in [7, 11) is 0. The second-order valence-electron chi connectivity index (χ2n) is 4.83. The van der Waals surface area contributed by atoms with Crippen LogP contribution in [-0.4, -0.2) is 6.54 Å². The average molecular weight is 223 g/mol. The van der Waals surface area contributed by atoms with Crippen LogP contribution in [0.5, 0.6) is 0 Å². The predicted octanol–water partition coefficient (Wildman–Crippen LogP) is 3.94. The van der Waals surface area contributed by atoms with E-state index < -0.39 is 0 Å². The highest BCUT2D eigenvalue weighted by atomic mass is 14.9. The highest BCUT2D eigenvalue weighted by Crippen LogP contribution is 2.35. The van der Waals surface area contributed by atoms with Crippen molar-refractivity contribution in [3.63, 3.8) is 0 Å². The summed E-state index contributed by atoms with van der Waals surface area (Å²) in [5.41, 5.74) is 8.15. The number of hydrogen-bond donors (Lipinski definition) is 1. The molecule has 1 heteroatoms. The van der Waals surface area contributed by atoms with E-state index in [1.165, 1.54) is 33.5 Å². The van der Waals surface area contributed by atoms with Crippen LogP contribution >= 0.6 is 0 Å². The second kappa shape index (κ2) is 3.92. The number of nitrogens with one attached hydrogen (secondary N) is 1. The molecule has 0 bridgehead atoms.